The number of fused-ring (bicyclic) bond motifs is 3. The highest BCUT2D eigenvalue weighted by Crippen LogP contribution is 2.29. The largest absolute Gasteiger partial charge is 0.370 e. The molecule has 4 aromatic rings. The Morgan fingerprint density at radius 3 is 2.85 bits per heavy atom. The third-order valence-electron chi connectivity index (χ3n) is 5.58. The van der Waals surface area contributed by atoms with Crippen LogP contribution in [0.4, 0.5) is 0 Å². The molecule has 0 aromatic carbocycles. The predicted octanol–water partition coefficient (Wildman–Crippen LogP) is 1.34. The Hall–Kier alpha value is -2.29. The average molecular weight is 384 g/mol. The van der Waals surface area contributed by atoms with Crippen LogP contribution in [0, 0.1) is 13.8 Å². The van der Waals surface area contributed by atoms with E-state index in [1.807, 2.05) is 6.07 Å². The average Bonchev–Trinajstić information content (AvgIpc) is 3.41. The summed E-state index contributed by atoms with van der Waals surface area (Å²) in [7, 11) is 0. The summed E-state index contributed by atoms with van der Waals surface area (Å²) >= 11 is 1.66. The lowest BCUT2D eigenvalue weighted by Gasteiger charge is -2.24. The van der Waals surface area contributed by atoms with Gasteiger partial charge in [0.25, 0.3) is 0 Å². The number of nitrogens with one attached hydrogen (secondary N) is 1. The smallest absolute Gasteiger partial charge is 0.192 e. The number of ether oxygens (including phenoxy) is 1. The minimum Gasteiger partial charge on any atom is -0.370 e. The number of hydrogen-bond acceptors (Lipinski definition) is 5. The molecule has 1 saturated heterocycles. The number of nitrogens with zero attached hydrogens (tertiary/aromatic N) is 5. The van der Waals surface area contributed by atoms with Crippen LogP contribution in [0.1, 0.15) is 11.3 Å². The third-order valence-corrected chi connectivity index (χ3v) is 6.44. The van der Waals surface area contributed by atoms with Gasteiger partial charge < -0.3 is 14.2 Å². The number of quaternary nitrogens is 1. The Balaban J connectivity index is 1.56. The monoisotopic (exact) mass is 383 g/mol. The maximum atomic E-state index is 5.47. The second-order valence-corrected chi connectivity index (χ2v) is 8.05. The van der Waals surface area contributed by atoms with Gasteiger partial charge in [-0.3, -0.25) is 0 Å². The van der Waals surface area contributed by atoms with Gasteiger partial charge in [-0.25, -0.2) is 14.5 Å². The molecule has 1 aliphatic rings. The van der Waals surface area contributed by atoms with Gasteiger partial charge >= 0.3 is 0 Å². The van der Waals surface area contributed by atoms with Crippen molar-refractivity contribution in [1.82, 2.24) is 24.1 Å². The van der Waals surface area contributed by atoms with E-state index in [0.717, 1.165) is 66.8 Å². The van der Waals surface area contributed by atoms with Crippen molar-refractivity contribution in [2.75, 3.05) is 32.8 Å². The van der Waals surface area contributed by atoms with Crippen LogP contribution in [0.15, 0.2) is 23.8 Å². The zero-order valence-corrected chi connectivity index (χ0v) is 16.4. The summed E-state index contributed by atoms with van der Waals surface area (Å²) in [5.74, 6) is 0.766. The molecule has 1 N–H and O–H groups in total. The van der Waals surface area contributed by atoms with Gasteiger partial charge in [0, 0.05) is 5.69 Å². The summed E-state index contributed by atoms with van der Waals surface area (Å²) in [5, 5.41) is 7.79. The predicted molar refractivity (Wildman–Crippen MR) is 105 cm³/mol. The summed E-state index contributed by atoms with van der Waals surface area (Å²) in [5.41, 5.74) is 4.40. The Kier molecular flexibility index (Phi) is 4.18. The fourth-order valence-electron chi connectivity index (χ4n) is 3.89. The van der Waals surface area contributed by atoms with Crippen molar-refractivity contribution in [2.45, 2.75) is 20.4 Å². The zero-order chi connectivity index (χ0) is 18.4. The van der Waals surface area contributed by atoms with Crippen molar-refractivity contribution in [3.05, 3.63) is 35.1 Å². The van der Waals surface area contributed by atoms with Crippen LogP contribution < -0.4 is 4.90 Å². The first-order chi connectivity index (χ1) is 13.2. The minimum atomic E-state index is 0.766. The molecule has 27 heavy (non-hydrogen) atoms. The lowest BCUT2D eigenvalue weighted by molar-refractivity contribution is -0.908. The number of morpholine rings is 1. The third kappa shape index (κ3) is 2.84. The lowest BCUT2D eigenvalue weighted by Crippen LogP contribution is -3.14. The number of aryl methyl sites for hydroxylation is 1. The molecule has 8 heteroatoms. The zero-order valence-electron chi connectivity index (χ0n) is 15.6. The number of thiophene rings is 1. The molecule has 5 heterocycles. The quantitative estimate of drug-likeness (QED) is 0.578. The van der Waals surface area contributed by atoms with Gasteiger partial charge in [-0.15, -0.1) is 16.4 Å². The number of hydrogen-bond donors (Lipinski definition) is 1. The maximum absolute atomic E-state index is 5.47. The molecule has 0 atom stereocenters. The van der Waals surface area contributed by atoms with E-state index in [2.05, 4.69) is 35.0 Å². The topological polar surface area (TPSA) is 61.7 Å². The minimum absolute atomic E-state index is 0.766. The molecule has 0 spiro atoms. The van der Waals surface area contributed by atoms with Crippen molar-refractivity contribution >= 4 is 28.0 Å². The van der Waals surface area contributed by atoms with E-state index in [-0.39, 0.29) is 0 Å². The number of aromatic nitrogens is 5. The van der Waals surface area contributed by atoms with Gasteiger partial charge in [-0.05, 0) is 30.9 Å². The normalized spacial score (nSPS) is 15.9. The van der Waals surface area contributed by atoms with E-state index < -0.39 is 0 Å². The van der Waals surface area contributed by atoms with Crippen molar-refractivity contribution in [3.8, 4) is 10.7 Å². The molecular formula is C19H23N6OS+. The van der Waals surface area contributed by atoms with E-state index in [1.54, 1.807) is 27.1 Å². The first-order valence-electron chi connectivity index (χ1n) is 9.38. The lowest BCUT2D eigenvalue weighted by atomic mass is 10.2. The Morgan fingerprint density at radius 2 is 2.07 bits per heavy atom. The van der Waals surface area contributed by atoms with E-state index >= 15 is 0 Å². The fourth-order valence-corrected chi connectivity index (χ4v) is 4.55. The van der Waals surface area contributed by atoms with Crippen LogP contribution in [-0.4, -0.2) is 57.0 Å². The van der Waals surface area contributed by atoms with Crippen LogP contribution in [0.5, 0.6) is 0 Å². The first-order valence-corrected chi connectivity index (χ1v) is 10.3. The SMILES string of the molecule is Cc1c(C)n(CC[NH+]2CCOCC2)c2ncn3nc(-c4cccs4)nc3c12. The second-order valence-electron chi connectivity index (χ2n) is 7.10. The van der Waals surface area contributed by atoms with Crippen molar-refractivity contribution in [2.24, 2.45) is 0 Å². The molecule has 0 aliphatic carbocycles. The van der Waals surface area contributed by atoms with E-state index in [4.69, 9.17) is 14.7 Å². The highest BCUT2D eigenvalue weighted by atomic mass is 32.1. The van der Waals surface area contributed by atoms with E-state index in [1.165, 1.54) is 11.3 Å². The fraction of sp³-hybridized carbons (Fsp3) is 0.421. The van der Waals surface area contributed by atoms with Gasteiger partial charge in [0.15, 0.2) is 11.5 Å². The van der Waals surface area contributed by atoms with Crippen molar-refractivity contribution < 1.29 is 9.64 Å². The molecule has 0 radical (unpaired) electrons. The summed E-state index contributed by atoms with van der Waals surface area (Å²) in [6.45, 7) is 10.3. The van der Waals surface area contributed by atoms with Crippen molar-refractivity contribution in [1.29, 1.82) is 0 Å². The Morgan fingerprint density at radius 1 is 1.22 bits per heavy atom. The summed E-state index contributed by atoms with van der Waals surface area (Å²) in [4.78, 5) is 12.3. The second kappa shape index (κ2) is 6.70. The van der Waals surface area contributed by atoms with Crippen LogP contribution >= 0.6 is 11.3 Å². The highest BCUT2D eigenvalue weighted by molar-refractivity contribution is 7.13. The summed E-state index contributed by atoms with van der Waals surface area (Å²) in [6, 6.07) is 4.08. The van der Waals surface area contributed by atoms with Gasteiger partial charge in [0.05, 0.1) is 36.6 Å². The maximum Gasteiger partial charge on any atom is 0.192 e. The van der Waals surface area contributed by atoms with Crippen LogP contribution in [0.2, 0.25) is 0 Å². The molecule has 0 unspecified atom stereocenters. The van der Waals surface area contributed by atoms with Gasteiger partial charge in [-0.1, -0.05) is 6.07 Å². The Bertz CT molecular complexity index is 1090. The molecule has 0 bridgehead atoms. The molecular weight excluding hydrogens is 360 g/mol. The van der Waals surface area contributed by atoms with Crippen LogP contribution in [0.25, 0.3) is 27.4 Å². The molecule has 4 aromatic heterocycles. The van der Waals surface area contributed by atoms with E-state index in [0.29, 0.717) is 0 Å². The van der Waals surface area contributed by atoms with E-state index in [9.17, 15) is 0 Å². The number of rotatable bonds is 4. The van der Waals surface area contributed by atoms with Gasteiger partial charge in [-0.2, -0.15) is 0 Å². The Labute approximate surface area is 161 Å². The molecule has 7 nitrogen and oxygen atoms in total. The highest BCUT2D eigenvalue weighted by Gasteiger charge is 2.20. The molecule has 1 fully saturated rings. The van der Waals surface area contributed by atoms with Crippen LogP contribution in [0.3, 0.4) is 0 Å². The summed E-state index contributed by atoms with van der Waals surface area (Å²) in [6.07, 6.45) is 1.79. The molecule has 140 valence electrons. The van der Waals surface area contributed by atoms with Gasteiger partial charge in [0.2, 0.25) is 0 Å². The molecule has 5 rings (SSSR count). The van der Waals surface area contributed by atoms with Gasteiger partial charge in [0.1, 0.15) is 25.1 Å². The molecule has 0 saturated carbocycles. The van der Waals surface area contributed by atoms with Crippen LogP contribution in [-0.2, 0) is 11.3 Å². The first kappa shape index (κ1) is 16.9. The van der Waals surface area contributed by atoms with Crippen molar-refractivity contribution in [3.63, 3.8) is 0 Å². The molecule has 1 aliphatic heterocycles. The molecule has 0 amide bonds. The summed E-state index contributed by atoms with van der Waals surface area (Å²) < 4.78 is 9.62. The standard InChI is InChI=1S/C19H22N6OS/c1-13-14(2)24(6-5-23-7-9-26-10-8-23)18-16(13)19-21-17(15-4-3-11-27-15)22-25(19)12-20-18/h3-4,11-12H,5-10H2,1-2H3/p+1.